The number of anilines is 1. The van der Waals surface area contributed by atoms with Crippen molar-refractivity contribution in [2.75, 3.05) is 5.32 Å². The highest BCUT2D eigenvalue weighted by Crippen LogP contribution is 2.40. The molecule has 0 saturated heterocycles. The zero-order valence-electron chi connectivity index (χ0n) is 10.3. The molecule has 0 aromatic heterocycles. The van der Waals surface area contributed by atoms with Gasteiger partial charge in [-0.05, 0) is 37.8 Å². The van der Waals surface area contributed by atoms with Crippen molar-refractivity contribution in [3.63, 3.8) is 0 Å². The molecule has 0 atom stereocenters. The summed E-state index contributed by atoms with van der Waals surface area (Å²) in [5.74, 6) is 0. The van der Waals surface area contributed by atoms with E-state index >= 15 is 0 Å². The van der Waals surface area contributed by atoms with Gasteiger partial charge in [-0.3, -0.25) is 14.9 Å². The molecule has 96 valence electrons. The Labute approximate surface area is 105 Å². The van der Waals surface area contributed by atoms with E-state index in [1.54, 1.807) is 12.1 Å². The fourth-order valence-electron chi connectivity index (χ4n) is 2.33. The summed E-state index contributed by atoms with van der Waals surface area (Å²) in [4.78, 5) is 21.2. The third kappa shape index (κ3) is 2.20. The van der Waals surface area contributed by atoms with Crippen LogP contribution in [0.15, 0.2) is 18.2 Å². The molecule has 1 saturated carbocycles. The lowest BCUT2D eigenvalue weighted by Gasteiger charge is -2.42. The van der Waals surface area contributed by atoms with Gasteiger partial charge in [-0.2, -0.15) is 0 Å². The first-order valence-electron chi connectivity index (χ1n) is 6.12. The normalized spacial score (nSPS) is 16.7. The number of nitrogens with one attached hydrogen (secondary N) is 1. The van der Waals surface area contributed by atoms with E-state index in [9.17, 15) is 14.9 Å². The van der Waals surface area contributed by atoms with E-state index in [0.717, 1.165) is 25.7 Å². The van der Waals surface area contributed by atoms with Gasteiger partial charge in [0.15, 0.2) is 0 Å². The van der Waals surface area contributed by atoms with E-state index < -0.39 is 4.92 Å². The van der Waals surface area contributed by atoms with Crippen molar-refractivity contribution in [1.82, 2.24) is 0 Å². The van der Waals surface area contributed by atoms with Gasteiger partial charge in [-0.1, -0.05) is 6.92 Å². The van der Waals surface area contributed by atoms with Crippen LogP contribution in [0.5, 0.6) is 0 Å². The van der Waals surface area contributed by atoms with Crippen LogP contribution in [0.4, 0.5) is 11.4 Å². The number of nitrogens with zero attached hydrogens (tertiary/aromatic N) is 1. The van der Waals surface area contributed by atoms with Crippen LogP contribution in [-0.2, 0) is 0 Å². The van der Waals surface area contributed by atoms with Crippen molar-refractivity contribution < 1.29 is 9.72 Å². The standard InChI is InChI=1S/C13H16N2O3/c1-2-13(6-3-7-13)14-11-5-4-10(9-16)8-12(11)15(17)18/h4-5,8-9,14H,2-3,6-7H2,1H3. The molecule has 0 bridgehead atoms. The molecule has 2 rings (SSSR count). The molecular formula is C13H16N2O3. The number of rotatable bonds is 5. The smallest absolute Gasteiger partial charge is 0.293 e. The molecular weight excluding hydrogens is 232 g/mol. The number of carbonyl (C=O) groups is 1. The van der Waals surface area contributed by atoms with Crippen LogP contribution in [-0.4, -0.2) is 16.7 Å². The largest absolute Gasteiger partial charge is 0.374 e. The molecule has 1 N–H and O–H groups in total. The first-order valence-corrected chi connectivity index (χ1v) is 6.12. The third-order valence-electron chi connectivity index (χ3n) is 3.74. The lowest BCUT2D eigenvalue weighted by Crippen LogP contribution is -2.44. The van der Waals surface area contributed by atoms with Crippen molar-refractivity contribution in [3.8, 4) is 0 Å². The van der Waals surface area contributed by atoms with Crippen LogP contribution >= 0.6 is 0 Å². The Morgan fingerprint density at radius 3 is 2.67 bits per heavy atom. The number of benzene rings is 1. The van der Waals surface area contributed by atoms with Crippen molar-refractivity contribution in [1.29, 1.82) is 0 Å². The molecule has 1 aliphatic carbocycles. The Hall–Kier alpha value is -1.91. The molecule has 1 aromatic carbocycles. The van der Waals surface area contributed by atoms with E-state index in [-0.39, 0.29) is 11.2 Å². The van der Waals surface area contributed by atoms with Gasteiger partial charge in [0.1, 0.15) is 12.0 Å². The molecule has 1 aliphatic rings. The summed E-state index contributed by atoms with van der Waals surface area (Å²) in [6.45, 7) is 2.08. The summed E-state index contributed by atoms with van der Waals surface area (Å²) in [5, 5.41) is 14.3. The fourth-order valence-corrected chi connectivity index (χ4v) is 2.33. The molecule has 18 heavy (non-hydrogen) atoms. The predicted octanol–water partition coefficient (Wildman–Crippen LogP) is 3.15. The minimum absolute atomic E-state index is 0.00649. The molecule has 0 amide bonds. The first kappa shape index (κ1) is 12.5. The van der Waals surface area contributed by atoms with E-state index in [1.165, 1.54) is 6.07 Å². The third-order valence-corrected chi connectivity index (χ3v) is 3.74. The van der Waals surface area contributed by atoms with Crippen molar-refractivity contribution in [3.05, 3.63) is 33.9 Å². The molecule has 1 fully saturated rings. The summed E-state index contributed by atoms with van der Waals surface area (Å²) in [6.07, 6.45) is 4.79. The zero-order chi connectivity index (χ0) is 13.2. The quantitative estimate of drug-likeness (QED) is 0.493. The zero-order valence-corrected chi connectivity index (χ0v) is 10.3. The number of hydrogen-bond donors (Lipinski definition) is 1. The molecule has 1 aromatic rings. The van der Waals surface area contributed by atoms with Gasteiger partial charge < -0.3 is 5.32 Å². The fraction of sp³-hybridized carbons (Fsp3) is 0.462. The van der Waals surface area contributed by atoms with Gasteiger partial charge in [-0.25, -0.2) is 0 Å². The summed E-state index contributed by atoms with van der Waals surface area (Å²) in [6, 6.07) is 4.54. The molecule has 0 radical (unpaired) electrons. The average Bonchev–Trinajstić information content (AvgIpc) is 2.33. The van der Waals surface area contributed by atoms with Crippen LogP contribution < -0.4 is 5.32 Å². The van der Waals surface area contributed by atoms with Crippen molar-refractivity contribution in [2.24, 2.45) is 0 Å². The highest BCUT2D eigenvalue weighted by Gasteiger charge is 2.36. The Bertz CT molecular complexity index is 476. The van der Waals surface area contributed by atoms with E-state index in [1.807, 2.05) is 0 Å². The molecule has 5 heteroatoms. The Kier molecular flexibility index (Phi) is 3.32. The van der Waals surface area contributed by atoms with E-state index in [4.69, 9.17) is 0 Å². The Balaban J connectivity index is 2.32. The number of nitro groups is 1. The summed E-state index contributed by atoms with van der Waals surface area (Å²) < 4.78 is 0. The number of hydrogen-bond acceptors (Lipinski definition) is 4. The van der Waals surface area contributed by atoms with E-state index in [2.05, 4.69) is 12.2 Å². The van der Waals surface area contributed by atoms with E-state index in [0.29, 0.717) is 17.5 Å². The molecule has 5 nitrogen and oxygen atoms in total. The number of aldehydes is 1. The van der Waals surface area contributed by atoms with Crippen LogP contribution in [0.1, 0.15) is 43.0 Å². The highest BCUT2D eigenvalue weighted by molar-refractivity contribution is 5.79. The lowest BCUT2D eigenvalue weighted by molar-refractivity contribution is -0.384. The molecule has 0 unspecified atom stereocenters. The van der Waals surface area contributed by atoms with Gasteiger partial charge in [-0.15, -0.1) is 0 Å². The topological polar surface area (TPSA) is 72.2 Å². The summed E-state index contributed by atoms with van der Waals surface area (Å²) in [5.41, 5.74) is 0.797. The van der Waals surface area contributed by atoms with Crippen LogP contribution in [0.2, 0.25) is 0 Å². The first-order chi connectivity index (χ1) is 8.60. The minimum Gasteiger partial charge on any atom is -0.374 e. The minimum atomic E-state index is -0.447. The van der Waals surface area contributed by atoms with Crippen molar-refractivity contribution >= 4 is 17.7 Å². The van der Waals surface area contributed by atoms with Gasteiger partial charge >= 0.3 is 0 Å². The van der Waals surface area contributed by atoms with Crippen molar-refractivity contribution in [2.45, 2.75) is 38.1 Å². The number of nitro benzene ring substituents is 1. The monoisotopic (exact) mass is 248 g/mol. The number of carbonyl (C=O) groups excluding carboxylic acids is 1. The van der Waals surface area contributed by atoms with Gasteiger partial charge in [0.2, 0.25) is 0 Å². The maximum Gasteiger partial charge on any atom is 0.293 e. The summed E-state index contributed by atoms with van der Waals surface area (Å²) in [7, 11) is 0. The Morgan fingerprint density at radius 2 is 2.22 bits per heavy atom. The maximum absolute atomic E-state index is 11.0. The Morgan fingerprint density at radius 1 is 1.50 bits per heavy atom. The predicted molar refractivity (Wildman–Crippen MR) is 69.0 cm³/mol. The SMILES string of the molecule is CCC1(Nc2ccc(C=O)cc2[N+](=O)[O-])CCC1. The molecule has 0 aliphatic heterocycles. The molecule has 0 spiro atoms. The lowest BCUT2D eigenvalue weighted by atomic mass is 9.74. The second-order valence-electron chi connectivity index (χ2n) is 4.76. The molecule has 0 heterocycles. The van der Waals surface area contributed by atoms with Crippen LogP contribution in [0.25, 0.3) is 0 Å². The average molecular weight is 248 g/mol. The van der Waals surface area contributed by atoms with Crippen LogP contribution in [0.3, 0.4) is 0 Å². The van der Waals surface area contributed by atoms with Crippen LogP contribution in [0, 0.1) is 10.1 Å². The van der Waals surface area contributed by atoms with Gasteiger partial charge in [0.05, 0.1) is 4.92 Å². The second kappa shape index (κ2) is 4.76. The highest BCUT2D eigenvalue weighted by atomic mass is 16.6. The van der Waals surface area contributed by atoms with Gasteiger partial charge in [0, 0.05) is 17.2 Å². The second-order valence-corrected chi connectivity index (χ2v) is 4.76. The van der Waals surface area contributed by atoms with Gasteiger partial charge in [0.25, 0.3) is 5.69 Å². The maximum atomic E-state index is 11.0. The summed E-state index contributed by atoms with van der Waals surface area (Å²) >= 11 is 0.